The predicted octanol–water partition coefficient (Wildman–Crippen LogP) is 1.56. The van der Waals surface area contributed by atoms with E-state index in [1.807, 2.05) is 13.8 Å². The van der Waals surface area contributed by atoms with Crippen LogP contribution in [0.25, 0.3) is 0 Å². The Morgan fingerprint density at radius 2 is 2.00 bits per heavy atom. The third-order valence-corrected chi connectivity index (χ3v) is 2.87. The topological polar surface area (TPSA) is 73.6 Å². The zero-order valence-electron chi connectivity index (χ0n) is 11.9. The van der Waals surface area contributed by atoms with Crippen molar-refractivity contribution in [3.8, 4) is 11.5 Å². The molecule has 0 saturated carbocycles. The monoisotopic (exact) mass is 266 g/mol. The summed E-state index contributed by atoms with van der Waals surface area (Å²) in [7, 11) is 3.05. The fraction of sp³-hybridized carbons (Fsp3) is 0.500. The van der Waals surface area contributed by atoms with Gasteiger partial charge in [-0.25, -0.2) is 0 Å². The maximum atomic E-state index is 12.3. The Kier molecular flexibility index (Phi) is 5.18. The molecule has 0 fully saturated rings. The molecule has 0 heterocycles. The third-order valence-electron chi connectivity index (χ3n) is 2.87. The van der Waals surface area contributed by atoms with Gasteiger partial charge in [-0.1, -0.05) is 6.07 Å². The molecule has 0 aromatic heterocycles. The van der Waals surface area contributed by atoms with Gasteiger partial charge < -0.3 is 20.5 Å². The molecule has 0 aliphatic carbocycles. The van der Waals surface area contributed by atoms with Crippen molar-refractivity contribution in [3.05, 3.63) is 23.8 Å². The summed E-state index contributed by atoms with van der Waals surface area (Å²) in [6.45, 7) is 4.39. The van der Waals surface area contributed by atoms with Crippen molar-refractivity contribution in [1.29, 1.82) is 0 Å². The van der Waals surface area contributed by atoms with Crippen LogP contribution in [0, 0.1) is 0 Å². The summed E-state index contributed by atoms with van der Waals surface area (Å²) in [6.07, 6.45) is 0.699. The highest BCUT2D eigenvalue weighted by atomic mass is 16.5. The van der Waals surface area contributed by atoms with Gasteiger partial charge in [0.2, 0.25) is 0 Å². The lowest BCUT2D eigenvalue weighted by Gasteiger charge is -2.26. The highest BCUT2D eigenvalue weighted by molar-refractivity contribution is 5.98. The highest BCUT2D eigenvalue weighted by Crippen LogP contribution is 2.30. The quantitative estimate of drug-likeness (QED) is 0.819. The molecule has 5 nitrogen and oxygen atoms in total. The first kappa shape index (κ1) is 15.3. The number of benzene rings is 1. The molecule has 0 atom stereocenters. The minimum atomic E-state index is -0.361. The van der Waals surface area contributed by atoms with Crippen molar-refractivity contribution in [2.45, 2.75) is 25.8 Å². The maximum Gasteiger partial charge on any atom is 0.255 e. The van der Waals surface area contributed by atoms with Gasteiger partial charge in [0.1, 0.15) is 0 Å². The van der Waals surface area contributed by atoms with Crippen molar-refractivity contribution in [2.75, 3.05) is 20.8 Å². The van der Waals surface area contributed by atoms with Gasteiger partial charge in [0.05, 0.1) is 19.8 Å². The van der Waals surface area contributed by atoms with Crippen LogP contribution in [0.5, 0.6) is 11.5 Å². The van der Waals surface area contributed by atoms with Crippen LogP contribution >= 0.6 is 0 Å². The summed E-state index contributed by atoms with van der Waals surface area (Å²) < 4.78 is 10.4. The van der Waals surface area contributed by atoms with Gasteiger partial charge in [0.15, 0.2) is 11.5 Å². The molecule has 0 saturated heterocycles. The maximum absolute atomic E-state index is 12.3. The highest BCUT2D eigenvalue weighted by Gasteiger charge is 2.23. The number of rotatable bonds is 6. The summed E-state index contributed by atoms with van der Waals surface area (Å²) in [5.74, 6) is 0.770. The lowest BCUT2D eigenvalue weighted by molar-refractivity contribution is 0.0906. The number of para-hydroxylation sites is 1. The molecule has 0 unspecified atom stereocenters. The third kappa shape index (κ3) is 3.86. The molecular weight excluding hydrogens is 244 g/mol. The van der Waals surface area contributed by atoms with E-state index in [-0.39, 0.29) is 11.4 Å². The Morgan fingerprint density at radius 3 is 2.53 bits per heavy atom. The van der Waals surface area contributed by atoms with Gasteiger partial charge in [-0.2, -0.15) is 0 Å². The SMILES string of the molecule is COc1cccc(C(=O)NC(C)(C)CCN)c1OC. The molecule has 0 bridgehead atoms. The van der Waals surface area contributed by atoms with E-state index in [1.54, 1.807) is 18.2 Å². The number of hydrogen-bond donors (Lipinski definition) is 2. The Labute approximate surface area is 114 Å². The second-order valence-electron chi connectivity index (χ2n) is 4.92. The van der Waals surface area contributed by atoms with Crippen LogP contribution in [0.15, 0.2) is 18.2 Å². The lowest BCUT2D eigenvalue weighted by Crippen LogP contribution is -2.44. The van der Waals surface area contributed by atoms with Crippen LogP contribution in [-0.2, 0) is 0 Å². The van der Waals surface area contributed by atoms with Crippen molar-refractivity contribution in [3.63, 3.8) is 0 Å². The number of ether oxygens (including phenoxy) is 2. The number of amides is 1. The summed E-state index contributed by atoms with van der Waals surface area (Å²) in [5, 5.41) is 2.95. The summed E-state index contributed by atoms with van der Waals surface area (Å²) in [6, 6.07) is 5.21. The van der Waals surface area contributed by atoms with Crippen molar-refractivity contribution < 1.29 is 14.3 Å². The number of nitrogens with one attached hydrogen (secondary N) is 1. The van der Waals surface area contributed by atoms with E-state index in [9.17, 15) is 4.79 Å². The van der Waals surface area contributed by atoms with E-state index in [0.717, 1.165) is 0 Å². The Hall–Kier alpha value is -1.75. The van der Waals surface area contributed by atoms with Crippen molar-refractivity contribution in [2.24, 2.45) is 5.73 Å². The summed E-state index contributed by atoms with van der Waals surface area (Å²) in [5.41, 5.74) is 5.62. The van der Waals surface area contributed by atoms with Crippen molar-refractivity contribution in [1.82, 2.24) is 5.32 Å². The van der Waals surface area contributed by atoms with E-state index < -0.39 is 0 Å². The first-order valence-corrected chi connectivity index (χ1v) is 6.18. The van der Waals surface area contributed by atoms with Crippen LogP contribution in [0.3, 0.4) is 0 Å². The molecule has 0 aliphatic rings. The van der Waals surface area contributed by atoms with Crippen LogP contribution in [0.1, 0.15) is 30.6 Å². The predicted molar refractivity (Wildman–Crippen MR) is 74.8 cm³/mol. The fourth-order valence-corrected chi connectivity index (χ4v) is 1.86. The molecule has 0 aliphatic heterocycles. The number of hydrogen-bond acceptors (Lipinski definition) is 4. The van der Waals surface area contributed by atoms with E-state index in [4.69, 9.17) is 15.2 Å². The standard InChI is InChI=1S/C14H22N2O3/c1-14(2,8-9-15)16-13(17)10-6-5-7-11(18-3)12(10)19-4/h5-7H,8-9,15H2,1-4H3,(H,16,17). The minimum Gasteiger partial charge on any atom is -0.493 e. The molecular formula is C14H22N2O3. The number of carbonyl (C=O) groups is 1. The van der Waals surface area contributed by atoms with Gasteiger partial charge >= 0.3 is 0 Å². The Balaban J connectivity index is 3.00. The number of carbonyl (C=O) groups excluding carboxylic acids is 1. The molecule has 1 aromatic rings. The molecule has 5 heteroatoms. The second-order valence-corrected chi connectivity index (χ2v) is 4.92. The molecule has 3 N–H and O–H groups in total. The molecule has 0 spiro atoms. The summed E-state index contributed by atoms with van der Waals surface area (Å²) >= 11 is 0. The van der Waals surface area contributed by atoms with Gasteiger partial charge in [0.25, 0.3) is 5.91 Å². The zero-order valence-corrected chi connectivity index (χ0v) is 11.9. The van der Waals surface area contributed by atoms with Gasteiger partial charge in [-0.05, 0) is 38.9 Å². The van der Waals surface area contributed by atoms with Crippen LogP contribution in [-0.4, -0.2) is 32.2 Å². The first-order chi connectivity index (χ1) is 8.95. The fourth-order valence-electron chi connectivity index (χ4n) is 1.86. The summed E-state index contributed by atoms with van der Waals surface area (Å²) in [4.78, 5) is 12.3. The molecule has 1 aromatic carbocycles. The van der Waals surface area contributed by atoms with E-state index in [0.29, 0.717) is 30.0 Å². The molecule has 0 radical (unpaired) electrons. The zero-order chi connectivity index (χ0) is 14.5. The van der Waals surface area contributed by atoms with Gasteiger partial charge in [-0.15, -0.1) is 0 Å². The largest absolute Gasteiger partial charge is 0.493 e. The normalized spacial score (nSPS) is 11.0. The smallest absolute Gasteiger partial charge is 0.255 e. The van der Waals surface area contributed by atoms with Crippen LogP contribution < -0.4 is 20.5 Å². The van der Waals surface area contributed by atoms with E-state index >= 15 is 0 Å². The Bertz CT molecular complexity index is 444. The molecule has 1 amide bonds. The molecule has 106 valence electrons. The van der Waals surface area contributed by atoms with Crippen LogP contribution in [0.4, 0.5) is 0 Å². The first-order valence-electron chi connectivity index (χ1n) is 6.18. The lowest BCUT2D eigenvalue weighted by atomic mass is 10.00. The molecule has 19 heavy (non-hydrogen) atoms. The van der Waals surface area contributed by atoms with E-state index in [1.165, 1.54) is 14.2 Å². The van der Waals surface area contributed by atoms with Gasteiger partial charge in [0, 0.05) is 5.54 Å². The average Bonchev–Trinajstić information content (AvgIpc) is 2.36. The number of nitrogens with two attached hydrogens (primary N) is 1. The molecule has 1 rings (SSSR count). The van der Waals surface area contributed by atoms with E-state index in [2.05, 4.69) is 5.32 Å². The van der Waals surface area contributed by atoms with Crippen molar-refractivity contribution >= 4 is 5.91 Å². The van der Waals surface area contributed by atoms with Gasteiger partial charge in [-0.3, -0.25) is 4.79 Å². The minimum absolute atomic E-state index is 0.200. The van der Waals surface area contributed by atoms with Crippen LogP contribution in [0.2, 0.25) is 0 Å². The second kappa shape index (κ2) is 6.43. The number of methoxy groups -OCH3 is 2. The average molecular weight is 266 g/mol. The Morgan fingerprint density at radius 1 is 1.32 bits per heavy atom.